The van der Waals surface area contributed by atoms with Crippen LogP contribution in [0.2, 0.25) is 0 Å². The van der Waals surface area contributed by atoms with Gasteiger partial charge in [0.25, 0.3) is 9.05 Å². The van der Waals surface area contributed by atoms with Crippen LogP contribution in [0, 0.1) is 21.4 Å². The molecule has 1 aromatic rings. The van der Waals surface area contributed by atoms with Gasteiger partial charge in [0, 0.05) is 22.8 Å². The quantitative estimate of drug-likeness (QED) is 0.477. The van der Waals surface area contributed by atoms with Crippen LogP contribution < -0.4 is 4.74 Å². The molecule has 0 saturated carbocycles. The topological polar surface area (TPSA) is 110 Å². The number of nitriles is 1. The van der Waals surface area contributed by atoms with Crippen LogP contribution in [0.5, 0.6) is 5.75 Å². The SMILES string of the molecule is N#Cc1cc(OC(F)(F)F)c([N+](=O)[O-])cc1S(=O)(=O)Cl. The first kappa shape index (κ1) is 16.0. The fraction of sp³-hybridized carbons (Fsp3) is 0.125. The zero-order chi connectivity index (χ0) is 15.7. The Morgan fingerprint density at radius 3 is 2.30 bits per heavy atom. The molecule has 12 heteroatoms. The zero-order valence-corrected chi connectivity index (χ0v) is 10.6. The van der Waals surface area contributed by atoms with Crippen molar-refractivity contribution in [3.8, 4) is 11.8 Å². The van der Waals surface area contributed by atoms with E-state index >= 15 is 0 Å². The van der Waals surface area contributed by atoms with Crippen molar-refractivity contribution < 1.29 is 31.2 Å². The van der Waals surface area contributed by atoms with Crippen LogP contribution in [0.1, 0.15) is 5.56 Å². The molecule has 0 aromatic heterocycles. The van der Waals surface area contributed by atoms with Gasteiger partial charge in [0.2, 0.25) is 5.75 Å². The molecule has 0 N–H and O–H groups in total. The van der Waals surface area contributed by atoms with Crippen molar-refractivity contribution in [2.75, 3.05) is 0 Å². The molecule has 0 radical (unpaired) electrons. The molecular weight excluding hydrogens is 329 g/mol. The first-order valence-corrected chi connectivity index (χ1v) is 6.69. The second-order valence-electron chi connectivity index (χ2n) is 3.17. The molecule has 0 aliphatic heterocycles. The van der Waals surface area contributed by atoms with Gasteiger partial charge in [-0.15, -0.1) is 13.2 Å². The van der Waals surface area contributed by atoms with Crippen LogP contribution in [0.15, 0.2) is 17.0 Å². The van der Waals surface area contributed by atoms with E-state index in [0.29, 0.717) is 0 Å². The maximum Gasteiger partial charge on any atom is 0.573 e. The first-order chi connectivity index (χ1) is 8.95. The largest absolute Gasteiger partial charge is 0.573 e. The summed E-state index contributed by atoms with van der Waals surface area (Å²) in [6, 6.07) is 1.76. The number of nitro benzene ring substituents is 1. The van der Waals surface area contributed by atoms with E-state index in [0.717, 1.165) is 0 Å². The predicted molar refractivity (Wildman–Crippen MR) is 57.5 cm³/mol. The molecule has 1 aromatic carbocycles. The zero-order valence-electron chi connectivity index (χ0n) is 9.01. The van der Waals surface area contributed by atoms with E-state index < -0.39 is 42.2 Å². The second-order valence-corrected chi connectivity index (χ2v) is 5.71. The number of benzene rings is 1. The summed E-state index contributed by atoms with van der Waals surface area (Å²) >= 11 is 0. The average Bonchev–Trinajstić information content (AvgIpc) is 2.24. The second kappa shape index (κ2) is 5.14. The highest BCUT2D eigenvalue weighted by Gasteiger charge is 2.36. The van der Waals surface area contributed by atoms with Crippen LogP contribution in [-0.4, -0.2) is 19.7 Å². The lowest BCUT2D eigenvalue weighted by molar-refractivity contribution is -0.388. The lowest BCUT2D eigenvalue weighted by Crippen LogP contribution is -2.18. The normalized spacial score (nSPS) is 11.8. The van der Waals surface area contributed by atoms with Gasteiger partial charge < -0.3 is 4.74 Å². The van der Waals surface area contributed by atoms with Crippen LogP contribution in [0.4, 0.5) is 18.9 Å². The maximum atomic E-state index is 12.1. The minimum absolute atomic E-state index is 0.224. The Hall–Kier alpha value is -2.06. The van der Waals surface area contributed by atoms with Crippen molar-refractivity contribution in [2.45, 2.75) is 11.3 Å². The Bertz CT molecular complexity index is 710. The van der Waals surface area contributed by atoms with E-state index in [9.17, 15) is 31.7 Å². The van der Waals surface area contributed by atoms with Gasteiger partial charge in [-0.05, 0) is 0 Å². The molecule has 0 bridgehead atoms. The minimum atomic E-state index is -5.25. The van der Waals surface area contributed by atoms with E-state index in [-0.39, 0.29) is 12.1 Å². The van der Waals surface area contributed by atoms with Gasteiger partial charge in [0.1, 0.15) is 11.0 Å². The molecule has 0 spiro atoms. The monoisotopic (exact) mass is 330 g/mol. The first-order valence-electron chi connectivity index (χ1n) is 4.38. The fourth-order valence-corrected chi connectivity index (χ4v) is 2.19. The van der Waals surface area contributed by atoms with Crippen molar-refractivity contribution in [1.82, 2.24) is 0 Å². The van der Waals surface area contributed by atoms with E-state index in [1.807, 2.05) is 0 Å². The molecule has 0 saturated heterocycles. The van der Waals surface area contributed by atoms with Gasteiger partial charge in [-0.1, -0.05) is 0 Å². The number of nitrogens with zero attached hydrogens (tertiary/aromatic N) is 2. The van der Waals surface area contributed by atoms with Gasteiger partial charge >= 0.3 is 12.0 Å². The Morgan fingerprint density at radius 2 is 1.95 bits per heavy atom. The number of rotatable bonds is 3. The third-order valence-corrected chi connectivity index (χ3v) is 3.23. The molecule has 0 atom stereocenters. The minimum Gasteiger partial charge on any atom is -0.398 e. The number of halogens is 4. The summed E-state index contributed by atoms with van der Waals surface area (Å²) in [5.74, 6) is -1.32. The molecule has 0 fully saturated rings. The van der Waals surface area contributed by atoms with Gasteiger partial charge in [-0.3, -0.25) is 10.1 Å². The molecule has 7 nitrogen and oxygen atoms in total. The summed E-state index contributed by atoms with van der Waals surface area (Å²) in [7, 11) is 0.386. The van der Waals surface area contributed by atoms with E-state index in [1.165, 1.54) is 6.07 Å². The number of ether oxygens (including phenoxy) is 1. The summed E-state index contributed by atoms with van der Waals surface area (Å²) in [6.07, 6.45) is -5.25. The van der Waals surface area contributed by atoms with Crippen molar-refractivity contribution in [3.05, 3.63) is 27.8 Å². The van der Waals surface area contributed by atoms with E-state index in [1.54, 1.807) is 0 Å². The predicted octanol–water partition coefficient (Wildman–Crippen LogP) is 2.29. The number of nitro groups is 1. The Balaban J connectivity index is 3.64. The molecule has 0 aliphatic carbocycles. The average molecular weight is 331 g/mol. The molecule has 1 rings (SSSR count). The maximum absolute atomic E-state index is 12.1. The molecular formula is C8H2ClF3N2O5S. The molecule has 0 aliphatic rings. The molecule has 20 heavy (non-hydrogen) atoms. The number of hydrogen-bond acceptors (Lipinski definition) is 6. The Morgan fingerprint density at radius 1 is 1.40 bits per heavy atom. The van der Waals surface area contributed by atoms with E-state index in [2.05, 4.69) is 4.74 Å². The summed E-state index contributed by atoms with van der Waals surface area (Å²) in [5, 5.41) is 19.3. The molecule has 108 valence electrons. The molecule has 0 heterocycles. The van der Waals surface area contributed by atoms with Crippen molar-refractivity contribution >= 4 is 25.4 Å². The lowest BCUT2D eigenvalue weighted by Gasteiger charge is -2.10. The lowest BCUT2D eigenvalue weighted by atomic mass is 10.2. The fourth-order valence-electron chi connectivity index (χ4n) is 1.19. The number of alkyl halides is 3. The molecule has 0 amide bonds. The Kier molecular flexibility index (Phi) is 4.11. The van der Waals surface area contributed by atoms with Crippen LogP contribution in [0.3, 0.4) is 0 Å². The van der Waals surface area contributed by atoms with Gasteiger partial charge in [0.05, 0.1) is 10.5 Å². The highest BCUT2D eigenvalue weighted by atomic mass is 35.7. The van der Waals surface area contributed by atoms with Crippen LogP contribution in [-0.2, 0) is 9.05 Å². The van der Waals surface area contributed by atoms with Crippen molar-refractivity contribution in [2.24, 2.45) is 0 Å². The Labute approximate surface area is 113 Å². The van der Waals surface area contributed by atoms with Crippen LogP contribution in [0.25, 0.3) is 0 Å². The summed E-state index contributed by atoms with van der Waals surface area (Å²) in [6.45, 7) is 0. The third-order valence-electron chi connectivity index (χ3n) is 1.87. The smallest absolute Gasteiger partial charge is 0.398 e. The highest BCUT2D eigenvalue weighted by Crippen LogP contribution is 2.36. The summed E-state index contributed by atoms with van der Waals surface area (Å²) < 4.78 is 61.8. The van der Waals surface area contributed by atoms with Crippen LogP contribution >= 0.6 is 10.7 Å². The number of hydrogen-bond donors (Lipinski definition) is 0. The summed E-state index contributed by atoms with van der Waals surface area (Å²) in [5.41, 5.74) is -2.11. The van der Waals surface area contributed by atoms with Gasteiger partial charge in [0.15, 0.2) is 0 Å². The van der Waals surface area contributed by atoms with Gasteiger partial charge in [-0.2, -0.15) is 5.26 Å². The van der Waals surface area contributed by atoms with Crippen molar-refractivity contribution in [1.29, 1.82) is 5.26 Å². The summed E-state index contributed by atoms with van der Waals surface area (Å²) in [4.78, 5) is 8.34. The standard InChI is InChI=1S/C8H2ClF3N2O5S/c9-20(17,18)7-2-5(14(15)16)6(1-4(7)3-13)19-8(10,11)12/h1-2H. The van der Waals surface area contributed by atoms with Crippen molar-refractivity contribution in [3.63, 3.8) is 0 Å². The van der Waals surface area contributed by atoms with Gasteiger partial charge in [-0.25, -0.2) is 8.42 Å². The molecule has 0 unspecified atom stereocenters. The van der Waals surface area contributed by atoms with E-state index in [4.69, 9.17) is 15.9 Å². The highest BCUT2D eigenvalue weighted by molar-refractivity contribution is 8.13. The third kappa shape index (κ3) is 3.72.